The normalized spacial score (nSPS) is 19.8. The third kappa shape index (κ3) is 3.82. The maximum absolute atomic E-state index is 13.5. The number of anilines is 1. The Balaban J connectivity index is 1.58. The maximum atomic E-state index is 13.5. The first-order valence-corrected chi connectivity index (χ1v) is 7.56. The largest absolute Gasteiger partial charge is 0.459 e. The smallest absolute Gasteiger partial charge is 0.351 e. The number of hydrogen-bond donors (Lipinski definition) is 1. The van der Waals surface area contributed by atoms with E-state index in [1.165, 1.54) is 12.1 Å². The first-order valence-electron chi connectivity index (χ1n) is 7.56. The molecule has 1 aliphatic heterocycles. The van der Waals surface area contributed by atoms with Crippen molar-refractivity contribution in [2.45, 2.75) is 25.2 Å². The summed E-state index contributed by atoms with van der Waals surface area (Å²) in [5.41, 5.74) is 4.74. The van der Waals surface area contributed by atoms with Crippen molar-refractivity contribution < 1.29 is 23.0 Å². The molecule has 1 aromatic carbocycles. The average molecular weight is 351 g/mol. The van der Waals surface area contributed by atoms with E-state index in [4.69, 9.17) is 15.2 Å². The SMILES string of the molecule is Nc1nc(=O)n([C@H]2CC[C@@H](COC(=O)c3ccc(F)cc3)O2)cc1F. The average Bonchev–Trinajstić information content (AvgIpc) is 3.05. The van der Waals surface area contributed by atoms with Gasteiger partial charge in [-0.25, -0.2) is 18.4 Å². The molecule has 1 saturated heterocycles. The number of nitrogens with two attached hydrogens (primary N) is 1. The maximum Gasteiger partial charge on any atom is 0.351 e. The molecule has 7 nitrogen and oxygen atoms in total. The Hall–Kier alpha value is -2.81. The van der Waals surface area contributed by atoms with E-state index in [0.717, 1.165) is 22.9 Å². The first kappa shape index (κ1) is 17.0. The lowest BCUT2D eigenvalue weighted by molar-refractivity contribution is -0.0342. The van der Waals surface area contributed by atoms with Crippen LogP contribution < -0.4 is 11.4 Å². The second-order valence-electron chi connectivity index (χ2n) is 5.56. The van der Waals surface area contributed by atoms with Crippen molar-refractivity contribution in [3.05, 3.63) is 58.1 Å². The molecular weight excluding hydrogens is 336 g/mol. The highest BCUT2D eigenvalue weighted by molar-refractivity contribution is 5.89. The molecule has 132 valence electrons. The number of hydrogen-bond acceptors (Lipinski definition) is 6. The standard InChI is InChI=1S/C16H15F2N3O4/c17-10-3-1-9(2-4-10)15(22)24-8-11-5-6-13(25-11)21-7-12(18)14(19)20-16(21)23/h1-4,7,11,13H,5-6,8H2,(H2,19,20,23)/t11-,13+/m0/s1. The highest BCUT2D eigenvalue weighted by atomic mass is 19.1. The third-order valence-electron chi connectivity index (χ3n) is 3.81. The number of rotatable bonds is 4. The van der Waals surface area contributed by atoms with E-state index in [1.807, 2.05) is 0 Å². The molecule has 0 bridgehead atoms. The number of ether oxygens (including phenoxy) is 2. The fourth-order valence-corrected chi connectivity index (χ4v) is 2.52. The van der Waals surface area contributed by atoms with E-state index < -0.39 is 41.4 Å². The minimum absolute atomic E-state index is 0.0354. The zero-order valence-corrected chi connectivity index (χ0v) is 13.0. The van der Waals surface area contributed by atoms with Crippen LogP contribution in [0.2, 0.25) is 0 Å². The number of esters is 1. The van der Waals surface area contributed by atoms with Gasteiger partial charge in [-0.15, -0.1) is 0 Å². The van der Waals surface area contributed by atoms with Crippen molar-refractivity contribution in [2.75, 3.05) is 12.3 Å². The van der Waals surface area contributed by atoms with Crippen molar-refractivity contribution in [3.63, 3.8) is 0 Å². The molecule has 2 heterocycles. The molecule has 0 aliphatic carbocycles. The van der Waals surface area contributed by atoms with Crippen LogP contribution in [-0.2, 0) is 9.47 Å². The second kappa shape index (κ2) is 6.98. The third-order valence-corrected chi connectivity index (χ3v) is 3.81. The Labute approximate surface area is 141 Å². The lowest BCUT2D eigenvalue weighted by atomic mass is 10.2. The summed E-state index contributed by atoms with van der Waals surface area (Å²) in [6.45, 7) is -0.0354. The van der Waals surface area contributed by atoms with Gasteiger partial charge in [-0.2, -0.15) is 4.98 Å². The number of nitrogen functional groups attached to an aromatic ring is 1. The van der Waals surface area contributed by atoms with Crippen molar-refractivity contribution >= 4 is 11.8 Å². The lowest BCUT2D eigenvalue weighted by Crippen LogP contribution is -2.29. The van der Waals surface area contributed by atoms with Crippen LogP contribution in [0.5, 0.6) is 0 Å². The van der Waals surface area contributed by atoms with Gasteiger partial charge in [-0.05, 0) is 37.1 Å². The molecule has 0 spiro atoms. The molecule has 0 amide bonds. The minimum Gasteiger partial charge on any atom is -0.459 e. The zero-order valence-electron chi connectivity index (χ0n) is 13.0. The van der Waals surface area contributed by atoms with Crippen LogP contribution in [0, 0.1) is 11.6 Å². The molecule has 9 heteroatoms. The fraction of sp³-hybridized carbons (Fsp3) is 0.312. The van der Waals surface area contributed by atoms with Gasteiger partial charge in [0.25, 0.3) is 0 Å². The number of nitrogens with zero attached hydrogens (tertiary/aromatic N) is 2. The monoisotopic (exact) mass is 351 g/mol. The summed E-state index contributed by atoms with van der Waals surface area (Å²) in [5, 5.41) is 0. The van der Waals surface area contributed by atoms with Crippen LogP contribution in [0.3, 0.4) is 0 Å². The number of carbonyl (C=O) groups is 1. The van der Waals surface area contributed by atoms with E-state index >= 15 is 0 Å². The lowest BCUT2D eigenvalue weighted by Gasteiger charge is -2.16. The molecule has 2 aromatic rings. The molecule has 2 N–H and O–H groups in total. The summed E-state index contributed by atoms with van der Waals surface area (Å²) in [5.74, 6) is -2.34. The van der Waals surface area contributed by atoms with Gasteiger partial charge < -0.3 is 15.2 Å². The molecule has 1 fully saturated rings. The van der Waals surface area contributed by atoms with Gasteiger partial charge in [-0.3, -0.25) is 4.57 Å². The molecule has 0 unspecified atom stereocenters. The topological polar surface area (TPSA) is 96.4 Å². The second-order valence-corrected chi connectivity index (χ2v) is 5.56. The van der Waals surface area contributed by atoms with E-state index in [9.17, 15) is 18.4 Å². The number of aromatic nitrogens is 2. The Morgan fingerprint density at radius 2 is 2.04 bits per heavy atom. The van der Waals surface area contributed by atoms with Crippen LogP contribution in [0.1, 0.15) is 29.4 Å². The van der Waals surface area contributed by atoms with Crippen molar-refractivity contribution in [2.24, 2.45) is 0 Å². The first-order chi connectivity index (χ1) is 11.9. The quantitative estimate of drug-likeness (QED) is 0.841. The van der Waals surface area contributed by atoms with E-state index in [0.29, 0.717) is 12.8 Å². The Morgan fingerprint density at radius 1 is 1.32 bits per heavy atom. The molecule has 2 atom stereocenters. The molecule has 25 heavy (non-hydrogen) atoms. The summed E-state index contributed by atoms with van der Waals surface area (Å²) in [6, 6.07) is 4.96. The van der Waals surface area contributed by atoms with Crippen LogP contribution in [0.15, 0.2) is 35.3 Å². The van der Waals surface area contributed by atoms with Gasteiger partial charge in [0, 0.05) is 0 Å². The van der Waals surface area contributed by atoms with Gasteiger partial charge in [0.1, 0.15) is 18.7 Å². The number of carbonyl (C=O) groups excluding carboxylic acids is 1. The molecule has 1 aliphatic rings. The molecule has 0 saturated carbocycles. The van der Waals surface area contributed by atoms with Gasteiger partial charge in [0.2, 0.25) is 0 Å². The summed E-state index contributed by atoms with van der Waals surface area (Å²) in [6.07, 6.45) is 0.748. The molecule has 3 rings (SSSR count). The Kier molecular flexibility index (Phi) is 4.75. The zero-order chi connectivity index (χ0) is 18.0. The summed E-state index contributed by atoms with van der Waals surface area (Å²) in [4.78, 5) is 27.0. The predicted molar refractivity (Wildman–Crippen MR) is 82.7 cm³/mol. The van der Waals surface area contributed by atoms with Gasteiger partial charge in [-0.1, -0.05) is 0 Å². The van der Waals surface area contributed by atoms with Crippen LogP contribution in [0.25, 0.3) is 0 Å². The van der Waals surface area contributed by atoms with Crippen molar-refractivity contribution in [1.82, 2.24) is 9.55 Å². The van der Waals surface area contributed by atoms with E-state index in [2.05, 4.69) is 4.98 Å². The molecule has 0 radical (unpaired) electrons. The summed E-state index contributed by atoms with van der Waals surface area (Å²) in [7, 11) is 0. The van der Waals surface area contributed by atoms with Crippen LogP contribution >= 0.6 is 0 Å². The van der Waals surface area contributed by atoms with Crippen molar-refractivity contribution in [1.29, 1.82) is 0 Å². The Bertz CT molecular complexity index is 838. The minimum atomic E-state index is -0.811. The van der Waals surface area contributed by atoms with E-state index in [1.54, 1.807) is 0 Å². The van der Waals surface area contributed by atoms with Gasteiger partial charge >= 0.3 is 11.7 Å². The Morgan fingerprint density at radius 3 is 2.76 bits per heavy atom. The predicted octanol–water partition coefficient (Wildman–Crippen LogP) is 1.64. The number of benzene rings is 1. The van der Waals surface area contributed by atoms with Crippen LogP contribution in [0.4, 0.5) is 14.6 Å². The van der Waals surface area contributed by atoms with Crippen molar-refractivity contribution in [3.8, 4) is 0 Å². The summed E-state index contributed by atoms with van der Waals surface area (Å²) < 4.78 is 38.1. The van der Waals surface area contributed by atoms with Crippen LogP contribution in [-0.4, -0.2) is 28.2 Å². The van der Waals surface area contributed by atoms with Gasteiger partial charge in [0.15, 0.2) is 11.6 Å². The number of halogens is 2. The highest BCUT2D eigenvalue weighted by Crippen LogP contribution is 2.27. The molecule has 1 aromatic heterocycles. The highest BCUT2D eigenvalue weighted by Gasteiger charge is 2.29. The molecular formula is C16H15F2N3O4. The van der Waals surface area contributed by atoms with Gasteiger partial charge in [0.05, 0.1) is 17.9 Å². The fourth-order valence-electron chi connectivity index (χ4n) is 2.52. The van der Waals surface area contributed by atoms with E-state index in [-0.39, 0.29) is 12.2 Å². The summed E-state index contributed by atoms with van der Waals surface area (Å²) >= 11 is 0.